The zero-order valence-electron chi connectivity index (χ0n) is 12.3. The fourth-order valence-electron chi connectivity index (χ4n) is 2.55. The summed E-state index contributed by atoms with van der Waals surface area (Å²) in [5.74, 6) is -0.680. The van der Waals surface area contributed by atoms with E-state index in [9.17, 15) is 9.59 Å². The number of furan rings is 1. The first-order chi connectivity index (χ1) is 10.0. The maximum absolute atomic E-state index is 12.2. The van der Waals surface area contributed by atoms with Gasteiger partial charge in [0.1, 0.15) is 11.5 Å². The first kappa shape index (κ1) is 15.6. The van der Waals surface area contributed by atoms with Crippen molar-refractivity contribution in [3.8, 4) is 0 Å². The van der Waals surface area contributed by atoms with Crippen LogP contribution in [-0.2, 0) is 14.3 Å². The van der Waals surface area contributed by atoms with Crippen LogP contribution in [0.25, 0.3) is 0 Å². The average Bonchev–Trinajstić information content (AvgIpc) is 2.79. The van der Waals surface area contributed by atoms with Gasteiger partial charge in [0.25, 0.3) is 0 Å². The lowest BCUT2D eigenvalue weighted by atomic mass is 9.73. The number of hydrogen-bond acceptors (Lipinski definition) is 4. The number of amides is 1. The summed E-state index contributed by atoms with van der Waals surface area (Å²) in [6.45, 7) is 2.32. The minimum atomic E-state index is -0.899. The molecule has 0 spiro atoms. The molecule has 0 aliphatic heterocycles. The topological polar surface area (TPSA) is 88.8 Å². The molecule has 0 bridgehead atoms. The van der Waals surface area contributed by atoms with Crippen LogP contribution in [0.4, 0.5) is 0 Å². The second-order valence-electron chi connectivity index (χ2n) is 5.42. The highest BCUT2D eigenvalue weighted by molar-refractivity contribution is 5.86. The van der Waals surface area contributed by atoms with Gasteiger partial charge in [-0.05, 0) is 38.3 Å². The second kappa shape index (κ2) is 6.76. The van der Waals surface area contributed by atoms with Gasteiger partial charge in [-0.15, -0.1) is 0 Å². The molecule has 1 heterocycles. The number of methoxy groups -OCH3 is 1. The highest BCUT2D eigenvalue weighted by atomic mass is 16.5. The van der Waals surface area contributed by atoms with Crippen molar-refractivity contribution in [1.29, 1.82) is 0 Å². The molecule has 0 radical (unpaired) electrons. The maximum atomic E-state index is 12.2. The zero-order chi connectivity index (χ0) is 15.4. The van der Waals surface area contributed by atoms with Gasteiger partial charge >= 0.3 is 5.97 Å². The van der Waals surface area contributed by atoms with E-state index in [1.165, 1.54) is 0 Å². The van der Waals surface area contributed by atoms with E-state index in [2.05, 4.69) is 5.32 Å². The van der Waals surface area contributed by atoms with Crippen molar-refractivity contribution >= 4 is 11.9 Å². The quantitative estimate of drug-likeness (QED) is 0.802. The summed E-state index contributed by atoms with van der Waals surface area (Å²) in [6.07, 6.45) is 1.77. The highest BCUT2D eigenvalue weighted by Crippen LogP contribution is 2.35. The zero-order valence-corrected chi connectivity index (χ0v) is 12.3. The lowest BCUT2D eigenvalue weighted by Crippen LogP contribution is -2.45. The van der Waals surface area contributed by atoms with E-state index in [0.717, 1.165) is 5.76 Å². The predicted molar refractivity (Wildman–Crippen MR) is 74.7 cm³/mol. The minimum Gasteiger partial charge on any atom is -0.481 e. The van der Waals surface area contributed by atoms with Crippen molar-refractivity contribution < 1.29 is 23.8 Å². The predicted octanol–water partition coefficient (Wildman–Crippen LogP) is 1.89. The number of aryl methyl sites for hydroxylation is 1. The maximum Gasteiger partial charge on any atom is 0.307 e. The minimum absolute atomic E-state index is 0.219. The van der Waals surface area contributed by atoms with Gasteiger partial charge in [-0.1, -0.05) is 0 Å². The number of nitrogens with one attached hydrogen (secondary N) is 1. The van der Waals surface area contributed by atoms with E-state index in [-0.39, 0.29) is 11.9 Å². The van der Waals surface area contributed by atoms with Crippen molar-refractivity contribution in [1.82, 2.24) is 5.32 Å². The summed E-state index contributed by atoms with van der Waals surface area (Å²) >= 11 is 0. The van der Waals surface area contributed by atoms with Gasteiger partial charge in [0, 0.05) is 13.7 Å². The van der Waals surface area contributed by atoms with Crippen molar-refractivity contribution in [3.63, 3.8) is 0 Å². The molecule has 3 atom stereocenters. The fourth-order valence-corrected chi connectivity index (χ4v) is 2.55. The number of carbonyl (C=O) groups is 2. The van der Waals surface area contributed by atoms with Gasteiger partial charge in [-0.3, -0.25) is 9.59 Å². The Morgan fingerprint density at radius 2 is 2.14 bits per heavy atom. The van der Waals surface area contributed by atoms with Gasteiger partial charge in [0.15, 0.2) is 0 Å². The van der Waals surface area contributed by atoms with Crippen LogP contribution in [0.2, 0.25) is 0 Å². The third-order valence-corrected chi connectivity index (χ3v) is 3.96. The van der Waals surface area contributed by atoms with Crippen molar-refractivity contribution in [2.45, 2.75) is 32.2 Å². The number of carboxylic acid groups (broad SMARTS) is 1. The third-order valence-electron chi connectivity index (χ3n) is 3.96. The smallest absolute Gasteiger partial charge is 0.307 e. The molecule has 1 aromatic rings. The molecule has 1 aromatic heterocycles. The Bertz CT molecular complexity index is 510. The van der Waals surface area contributed by atoms with Gasteiger partial charge in [0.05, 0.1) is 17.9 Å². The molecule has 1 aliphatic carbocycles. The van der Waals surface area contributed by atoms with Gasteiger partial charge in [0.2, 0.25) is 5.91 Å². The van der Waals surface area contributed by atoms with Crippen LogP contribution in [0.1, 0.15) is 36.8 Å². The van der Waals surface area contributed by atoms with Crippen LogP contribution in [0.3, 0.4) is 0 Å². The fraction of sp³-hybridized carbons (Fsp3) is 0.600. The van der Waals surface area contributed by atoms with E-state index < -0.39 is 17.8 Å². The number of carboxylic acids is 1. The third kappa shape index (κ3) is 3.64. The van der Waals surface area contributed by atoms with Crippen LogP contribution in [0.5, 0.6) is 0 Å². The molecule has 1 aliphatic rings. The lowest BCUT2D eigenvalue weighted by molar-refractivity contribution is -0.153. The molecular formula is C15H21NO5. The molecule has 116 valence electrons. The standard InChI is InChI=1S/C15H21NO5/c1-9-3-6-13(21-9)12(7-8-20-2)16-14(17)10-4-5-11(10)15(18)19/h3,6,10-12H,4-5,7-8H2,1-2H3,(H,16,17)(H,18,19). The Morgan fingerprint density at radius 1 is 1.43 bits per heavy atom. The largest absolute Gasteiger partial charge is 0.481 e. The highest BCUT2D eigenvalue weighted by Gasteiger charge is 2.42. The van der Waals surface area contributed by atoms with Gasteiger partial charge < -0.3 is 19.6 Å². The Morgan fingerprint density at radius 3 is 2.62 bits per heavy atom. The summed E-state index contributed by atoms with van der Waals surface area (Å²) in [5.41, 5.74) is 0. The molecule has 6 nitrogen and oxygen atoms in total. The molecule has 6 heteroatoms. The Hall–Kier alpha value is -1.82. The lowest BCUT2D eigenvalue weighted by Gasteiger charge is -2.33. The molecular weight excluding hydrogens is 274 g/mol. The summed E-state index contributed by atoms with van der Waals surface area (Å²) in [4.78, 5) is 23.2. The molecule has 3 unspecified atom stereocenters. The van der Waals surface area contributed by atoms with Crippen molar-refractivity contribution in [3.05, 3.63) is 23.7 Å². The first-order valence-corrected chi connectivity index (χ1v) is 7.11. The van der Waals surface area contributed by atoms with Crippen molar-refractivity contribution in [2.24, 2.45) is 11.8 Å². The number of ether oxygens (including phenoxy) is 1. The number of carbonyl (C=O) groups excluding carboxylic acids is 1. The first-order valence-electron chi connectivity index (χ1n) is 7.11. The second-order valence-corrected chi connectivity index (χ2v) is 5.42. The van der Waals surface area contributed by atoms with Crippen LogP contribution in [0, 0.1) is 18.8 Å². The van der Waals surface area contributed by atoms with Crippen LogP contribution >= 0.6 is 0 Å². The molecule has 2 rings (SSSR count). The molecule has 2 N–H and O–H groups in total. The van der Waals surface area contributed by atoms with E-state index in [1.54, 1.807) is 7.11 Å². The monoisotopic (exact) mass is 295 g/mol. The Balaban J connectivity index is 2.01. The molecule has 21 heavy (non-hydrogen) atoms. The van der Waals surface area contributed by atoms with E-state index in [0.29, 0.717) is 31.6 Å². The molecule has 0 aromatic carbocycles. The van der Waals surface area contributed by atoms with E-state index in [4.69, 9.17) is 14.3 Å². The summed E-state index contributed by atoms with van der Waals surface area (Å²) in [7, 11) is 1.60. The number of rotatable bonds is 7. The van der Waals surface area contributed by atoms with Gasteiger partial charge in [-0.2, -0.15) is 0 Å². The van der Waals surface area contributed by atoms with E-state index in [1.807, 2.05) is 19.1 Å². The van der Waals surface area contributed by atoms with Crippen LogP contribution in [0.15, 0.2) is 16.5 Å². The molecule has 1 amide bonds. The van der Waals surface area contributed by atoms with Crippen molar-refractivity contribution in [2.75, 3.05) is 13.7 Å². The molecule has 1 saturated carbocycles. The summed E-state index contributed by atoms with van der Waals surface area (Å²) in [6, 6.07) is 3.37. The average molecular weight is 295 g/mol. The molecule has 0 saturated heterocycles. The number of aliphatic carboxylic acids is 1. The summed E-state index contributed by atoms with van der Waals surface area (Å²) < 4.78 is 10.6. The van der Waals surface area contributed by atoms with Gasteiger partial charge in [-0.25, -0.2) is 0 Å². The number of hydrogen-bond donors (Lipinski definition) is 2. The van der Waals surface area contributed by atoms with Crippen LogP contribution in [-0.4, -0.2) is 30.7 Å². The normalized spacial score (nSPS) is 22.4. The molecule has 1 fully saturated rings. The summed E-state index contributed by atoms with van der Waals surface area (Å²) in [5, 5.41) is 11.9. The Labute approximate surface area is 123 Å². The SMILES string of the molecule is COCCC(NC(=O)C1CCC1C(=O)O)c1ccc(C)o1. The van der Waals surface area contributed by atoms with Crippen LogP contribution < -0.4 is 5.32 Å². The Kier molecular flexibility index (Phi) is 5.01. The van der Waals surface area contributed by atoms with E-state index >= 15 is 0 Å².